The van der Waals surface area contributed by atoms with Crippen molar-refractivity contribution in [2.24, 2.45) is 0 Å². The largest absolute Gasteiger partial charge is 0.328 e. The van der Waals surface area contributed by atoms with Crippen molar-refractivity contribution in [1.29, 1.82) is 0 Å². The Morgan fingerprint density at radius 3 is 2.39 bits per heavy atom. The topological polar surface area (TPSA) is 76.3 Å². The first-order valence-electron chi connectivity index (χ1n) is 6.40. The molecule has 102 valence electrons. The molecule has 0 spiro atoms. The molecule has 0 aliphatic carbocycles. The van der Waals surface area contributed by atoms with E-state index in [9.17, 15) is 0 Å². The molecule has 0 aliphatic heterocycles. The molecule has 5 heteroatoms. The van der Waals surface area contributed by atoms with Gasteiger partial charge in [-0.1, -0.05) is 45.1 Å². The Kier molecular flexibility index (Phi) is 10.7. The summed E-state index contributed by atoms with van der Waals surface area (Å²) in [6.45, 7) is 2.26. The Bertz CT molecular complexity index is 300. The molecule has 0 unspecified atom stereocenters. The molecule has 0 saturated heterocycles. The van der Waals surface area contributed by atoms with Crippen LogP contribution in [0, 0.1) is 10.1 Å². The second kappa shape index (κ2) is 11.8. The molecule has 0 radical (unpaired) electrons. The summed E-state index contributed by atoms with van der Waals surface area (Å²) in [5.74, 6) is 0. The summed E-state index contributed by atoms with van der Waals surface area (Å²) in [7, 11) is 0. The van der Waals surface area contributed by atoms with Gasteiger partial charge in [0.2, 0.25) is 0 Å². The lowest BCUT2D eigenvalue weighted by Crippen LogP contribution is -1.88. The number of aromatic nitrogens is 1. The maximum atomic E-state index is 8.36. The minimum atomic E-state index is -1.50. The van der Waals surface area contributed by atoms with E-state index in [1.54, 1.807) is 0 Å². The van der Waals surface area contributed by atoms with Crippen molar-refractivity contribution in [3.05, 3.63) is 40.2 Å². The van der Waals surface area contributed by atoms with Gasteiger partial charge in [0.05, 0.1) is 0 Å². The molecule has 1 aromatic rings. The van der Waals surface area contributed by atoms with Gasteiger partial charge in [0.1, 0.15) is 0 Å². The fraction of sp³-hybridized carbons (Fsp3) is 0.615. The molecule has 0 saturated carbocycles. The Balaban J connectivity index is 0.000000631. The van der Waals surface area contributed by atoms with Crippen molar-refractivity contribution < 1.29 is 10.3 Å². The van der Waals surface area contributed by atoms with Crippen LogP contribution < -0.4 is 0 Å². The van der Waals surface area contributed by atoms with Gasteiger partial charge in [-0.15, -0.1) is 10.1 Å². The van der Waals surface area contributed by atoms with Gasteiger partial charge in [0.15, 0.2) is 0 Å². The van der Waals surface area contributed by atoms with Gasteiger partial charge >= 0.3 is 0 Å². The normalized spacial score (nSPS) is 9.39. The first-order chi connectivity index (χ1) is 8.66. The predicted molar refractivity (Wildman–Crippen MR) is 70.1 cm³/mol. The number of aryl methyl sites for hydroxylation is 1. The zero-order valence-corrected chi connectivity index (χ0v) is 10.9. The van der Waals surface area contributed by atoms with E-state index in [0.717, 1.165) is 6.42 Å². The Morgan fingerprint density at radius 2 is 1.83 bits per heavy atom. The fourth-order valence-electron chi connectivity index (χ4n) is 1.63. The number of unbranched alkanes of at least 4 members (excludes halogenated alkanes) is 5. The van der Waals surface area contributed by atoms with Crippen LogP contribution >= 0.6 is 0 Å². The molecule has 0 bridgehead atoms. The SMILES string of the molecule is CCCCCCCCc1ccccn1.O=[N+]([O-])O. The third-order valence-corrected chi connectivity index (χ3v) is 2.51. The maximum absolute atomic E-state index is 8.36. The average Bonchev–Trinajstić information content (AvgIpc) is 2.34. The van der Waals surface area contributed by atoms with Crippen LogP contribution in [0.15, 0.2) is 24.4 Å². The summed E-state index contributed by atoms with van der Waals surface area (Å²) < 4.78 is 0. The number of nitrogens with zero attached hydrogens (tertiary/aromatic N) is 2. The van der Waals surface area contributed by atoms with Crippen LogP contribution in [-0.4, -0.2) is 15.3 Å². The molecule has 1 N–H and O–H groups in total. The van der Waals surface area contributed by atoms with E-state index in [-0.39, 0.29) is 0 Å². The van der Waals surface area contributed by atoms with Gasteiger partial charge in [-0.05, 0) is 25.0 Å². The smallest absolute Gasteiger partial charge is 0.291 e. The second-order valence-corrected chi connectivity index (χ2v) is 4.08. The van der Waals surface area contributed by atoms with Crippen LogP contribution in [0.2, 0.25) is 0 Å². The van der Waals surface area contributed by atoms with Crippen LogP contribution in [0.1, 0.15) is 51.1 Å². The monoisotopic (exact) mass is 254 g/mol. The second-order valence-electron chi connectivity index (χ2n) is 4.08. The molecule has 0 aromatic carbocycles. The molecule has 18 heavy (non-hydrogen) atoms. The number of hydrogen-bond donors (Lipinski definition) is 1. The molecule has 1 aromatic heterocycles. The zero-order chi connectivity index (χ0) is 13.6. The highest BCUT2D eigenvalue weighted by Gasteiger charge is 1.93. The highest BCUT2D eigenvalue weighted by atomic mass is 16.9. The number of hydrogen-bond acceptors (Lipinski definition) is 3. The van der Waals surface area contributed by atoms with Gasteiger partial charge in [-0.2, -0.15) is 0 Å². The summed E-state index contributed by atoms with van der Waals surface area (Å²) in [4.78, 5) is 12.7. The van der Waals surface area contributed by atoms with E-state index in [1.165, 1.54) is 44.2 Å². The minimum Gasteiger partial charge on any atom is -0.328 e. The lowest BCUT2D eigenvalue weighted by atomic mass is 10.1. The van der Waals surface area contributed by atoms with Crippen LogP contribution in [-0.2, 0) is 6.42 Å². The molecule has 1 heterocycles. The Labute approximate surface area is 108 Å². The summed E-state index contributed by atoms with van der Waals surface area (Å²) >= 11 is 0. The van der Waals surface area contributed by atoms with Crippen molar-refractivity contribution in [2.45, 2.75) is 51.9 Å². The lowest BCUT2D eigenvalue weighted by Gasteiger charge is -2.00. The van der Waals surface area contributed by atoms with Crippen molar-refractivity contribution in [2.75, 3.05) is 0 Å². The molecule has 0 aliphatic rings. The van der Waals surface area contributed by atoms with Gasteiger partial charge in [-0.3, -0.25) is 4.98 Å². The van der Waals surface area contributed by atoms with Crippen molar-refractivity contribution in [3.63, 3.8) is 0 Å². The fourth-order valence-corrected chi connectivity index (χ4v) is 1.63. The Morgan fingerprint density at radius 1 is 1.22 bits per heavy atom. The summed E-state index contributed by atoms with van der Waals surface area (Å²) in [5, 5.41) is 13.6. The van der Waals surface area contributed by atoms with Crippen LogP contribution in [0.3, 0.4) is 0 Å². The number of pyridine rings is 1. The standard InChI is InChI=1S/C13H21N.HNO3/c1-2-3-4-5-6-7-10-13-11-8-9-12-14-13;2-1(3)4/h8-9,11-12H,2-7,10H2,1H3;(H,2,3,4). The van der Waals surface area contributed by atoms with Gasteiger partial charge in [0, 0.05) is 11.9 Å². The lowest BCUT2D eigenvalue weighted by molar-refractivity contribution is -0.742. The first-order valence-corrected chi connectivity index (χ1v) is 6.40. The third-order valence-electron chi connectivity index (χ3n) is 2.51. The minimum absolute atomic E-state index is 1.15. The van der Waals surface area contributed by atoms with Crippen molar-refractivity contribution >= 4 is 0 Å². The van der Waals surface area contributed by atoms with Crippen LogP contribution in [0.5, 0.6) is 0 Å². The highest BCUT2D eigenvalue weighted by Crippen LogP contribution is 2.07. The highest BCUT2D eigenvalue weighted by molar-refractivity contribution is 5.03. The molecular formula is C13H22N2O3. The van der Waals surface area contributed by atoms with Gasteiger partial charge < -0.3 is 5.21 Å². The maximum Gasteiger partial charge on any atom is 0.291 e. The van der Waals surface area contributed by atoms with E-state index in [2.05, 4.69) is 24.0 Å². The molecule has 0 fully saturated rings. The molecule has 0 amide bonds. The first kappa shape index (κ1) is 16.4. The van der Waals surface area contributed by atoms with E-state index in [0.29, 0.717) is 0 Å². The molecule has 5 nitrogen and oxygen atoms in total. The van der Waals surface area contributed by atoms with E-state index >= 15 is 0 Å². The van der Waals surface area contributed by atoms with E-state index < -0.39 is 5.09 Å². The van der Waals surface area contributed by atoms with Crippen LogP contribution in [0.4, 0.5) is 0 Å². The van der Waals surface area contributed by atoms with Crippen molar-refractivity contribution in [1.82, 2.24) is 4.98 Å². The molecule has 1 rings (SSSR count). The number of rotatable bonds is 7. The molecular weight excluding hydrogens is 232 g/mol. The third kappa shape index (κ3) is 12.4. The molecule has 0 atom stereocenters. The van der Waals surface area contributed by atoms with Gasteiger partial charge in [0.25, 0.3) is 5.09 Å². The summed E-state index contributed by atoms with van der Waals surface area (Å²) in [5.41, 5.74) is 1.24. The van der Waals surface area contributed by atoms with E-state index in [4.69, 9.17) is 15.3 Å². The summed E-state index contributed by atoms with van der Waals surface area (Å²) in [6.07, 6.45) is 11.2. The van der Waals surface area contributed by atoms with E-state index in [1.807, 2.05) is 12.3 Å². The van der Waals surface area contributed by atoms with Gasteiger partial charge in [-0.25, -0.2) is 0 Å². The quantitative estimate of drug-likeness (QED) is 0.458. The average molecular weight is 254 g/mol. The van der Waals surface area contributed by atoms with Crippen LogP contribution in [0.25, 0.3) is 0 Å². The predicted octanol–water partition coefficient (Wildman–Crippen LogP) is 3.64. The van der Waals surface area contributed by atoms with Crippen molar-refractivity contribution in [3.8, 4) is 0 Å². The zero-order valence-electron chi connectivity index (χ0n) is 10.9. The Hall–Kier alpha value is -1.65. The summed E-state index contributed by atoms with van der Waals surface area (Å²) in [6, 6.07) is 6.16.